The fourth-order valence-corrected chi connectivity index (χ4v) is 2.35. The van der Waals surface area contributed by atoms with Crippen LogP contribution < -0.4 is 10.1 Å². The molecule has 1 unspecified atom stereocenters. The maximum atomic E-state index is 12.4. The normalized spacial score (nSPS) is 11.2. The highest BCUT2D eigenvalue weighted by atomic mass is 16.5. The van der Waals surface area contributed by atoms with Crippen molar-refractivity contribution in [3.8, 4) is 17.6 Å². The lowest BCUT2D eigenvalue weighted by Crippen LogP contribution is -2.27. The van der Waals surface area contributed by atoms with Gasteiger partial charge in [0.1, 0.15) is 17.5 Å². The van der Waals surface area contributed by atoms with Gasteiger partial charge in [-0.1, -0.05) is 48.5 Å². The second-order valence-corrected chi connectivity index (χ2v) is 5.39. The summed E-state index contributed by atoms with van der Waals surface area (Å²) in [7, 11) is 0. The molecule has 3 aromatic carbocycles. The number of nitrogens with one attached hydrogen (secondary N) is 1. The van der Waals surface area contributed by atoms with Crippen LogP contribution >= 0.6 is 0 Å². The van der Waals surface area contributed by atoms with Gasteiger partial charge in [-0.25, -0.2) is 0 Å². The molecule has 0 aliphatic heterocycles. The standard InChI is InChI=1S/C21H16N2O2/c22-15-20(16-7-3-1-4-8-16)23-21(24)17-11-13-19(14-12-17)25-18-9-5-2-6-10-18/h1-14,20H,(H,23,24). The number of para-hydroxylation sites is 1. The summed E-state index contributed by atoms with van der Waals surface area (Å²) in [5.41, 5.74) is 1.22. The second-order valence-electron chi connectivity index (χ2n) is 5.39. The van der Waals surface area contributed by atoms with E-state index >= 15 is 0 Å². The lowest BCUT2D eigenvalue weighted by molar-refractivity contribution is 0.0945. The van der Waals surface area contributed by atoms with Crippen LogP contribution in [0.4, 0.5) is 0 Å². The van der Waals surface area contributed by atoms with E-state index in [4.69, 9.17) is 4.74 Å². The van der Waals surface area contributed by atoms with E-state index < -0.39 is 6.04 Å². The number of ether oxygens (including phenoxy) is 1. The van der Waals surface area contributed by atoms with E-state index in [1.807, 2.05) is 60.7 Å². The van der Waals surface area contributed by atoms with Crippen molar-refractivity contribution in [1.82, 2.24) is 5.32 Å². The van der Waals surface area contributed by atoms with Gasteiger partial charge in [-0.2, -0.15) is 5.26 Å². The van der Waals surface area contributed by atoms with Crippen molar-refractivity contribution < 1.29 is 9.53 Å². The highest BCUT2D eigenvalue weighted by molar-refractivity contribution is 5.94. The zero-order valence-corrected chi connectivity index (χ0v) is 13.4. The monoisotopic (exact) mass is 328 g/mol. The van der Waals surface area contributed by atoms with Crippen LogP contribution in [-0.4, -0.2) is 5.91 Å². The zero-order valence-electron chi connectivity index (χ0n) is 13.4. The maximum Gasteiger partial charge on any atom is 0.252 e. The molecule has 1 atom stereocenters. The number of amides is 1. The molecule has 0 bridgehead atoms. The van der Waals surface area contributed by atoms with Gasteiger partial charge >= 0.3 is 0 Å². The number of nitrogens with zero attached hydrogens (tertiary/aromatic N) is 1. The van der Waals surface area contributed by atoms with Crippen LogP contribution in [0.3, 0.4) is 0 Å². The van der Waals surface area contributed by atoms with Crippen molar-refractivity contribution in [1.29, 1.82) is 5.26 Å². The molecule has 4 heteroatoms. The average Bonchev–Trinajstić information content (AvgIpc) is 2.68. The number of hydrogen-bond donors (Lipinski definition) is 1. The molecule has 0 aliphatic rings. The second kappa shape index (κ2) is 7.80. The number of carbonyl (C=O) groups is 1. The largest absolute Gasteiger partial charge is 0.457 e. The Labute approximate surface area is 146 Å². The van der Waals surface area contributed by atoms with Gasteiger partial charge < -0.3 is 10.1 Å². The highest BCUT2D eigenvalue weighted by Gasteiger charge is 2.14. The summed E-state index contributed by atoms with van der Waals surface area (Å²) >= 11 is 0. The Bertz CT molecular complexity index is 869. The first-order valence-corrected chi connectivity index (χ1v) is 7.84. The van der Waals surface area contributed by atoms with E-state index in [2.05, 4.69) is 11.4 Å². The van der Waals surface area contributed by atoms with Crippen LogP contribution in [0.5, 0.6) is 11.5 Å². The minimum Gasteiger partial charge on any atom is -0.457 e. The Hall–Kier alpha value is -3.58. The third-order valence-corrected chi connectivity index (χ3v) is 3.63. The van der Waals surface area contributed by atoms with Crippen LogP contribution in [0.25, 0.3) is 0 Å². The molecule has 0 fully saturated rings. The molecule has 3 aromatic rings. The summed E-state index contributed by atoms with van der Waals surface area (Å²) in [5, 5.41) is 12.0. The molecule has 1 N–H and O–H groups in total. The Kier molecular flexibility index (Phi) is 5.08. The van der Waals surface area contributed by atoms with Gasteiger partial charge in [-0.15, -0.1) is 0 Å². The fourth-order valence-electron chi connectivity index (χ4n) is 2.35. The summed E-state index contributed by atoms with van der Waals surface area (Å²) in [6, 6.07) is 26.8. The molecule has 0 saturated heterocycles. The van der Waals surface area contributed by atoms with Crippen LogP contribution in [-0.2, 0) is 0 Å². The lowest BCUT2D eigenvalue weighted by Gasteiger charge is -2.12. The van der Waals surface area contributed by atoms with Crippen LogP contribution in [0.15, 0.2) is 84.9 Å². The molecule has 0 saturated carbocycles. The van der Waals surface area contributed by atoms with Crippen molar-refractivity contribution in [3.05, 3.63) is 96.1 Å². The lowest BCUT2D eigenvalue weighted by atomic mass is 10.1. The number of hydrogen-bond acceptors (Lipinski definition) is 3. The van der Waals surface area contributed by atoms with Gasteiger partial charge in [0.2, 0.25) is 0 Å². The molecular weight excluding hydrogens is 312 g/mol. The Morgan fingerprint density at radius 1 is 0.840 bits per heavy atom. The third kappa shape index (κ3) is 4.24. The summed E-state index contributed by atoms with van der Waals surface area (Å²) in [6.45, 7) is 0. The minimum atomic E-state index is -0.686. The predicted octanol–water partition coefficient (Wildman–Crippen LogP) is 4.47. The van der Waals surface area contributed by atoms with Gasteiger partial charge in [0, 0.05) is 5.56 Å². The first kappa shape index (κ1) is 16.3. The maximum absolute atomic E-state index is 12.4. The first-order chi connectivity index (χ1) is 12.3. The molecule has 25 heavy (non-hydrogen) atoms. The van der Waals surface area contributed by atoms with E-state index in [-0.39, 0.29) is 5.91 Å². The molecule has 1 amide bonds. The summed E-state index contributed by atoms with van der Waals surface area (Å²) in [4.78, 5) is 12.4. The van der Waals surface area contributed by atoms with Crippen molar-refractivity contribution in [2.45, 2.75) is 6.04 Å². The van der Waals surface area contributed by atoms with Crippen LogP contribution in [0.1, 0.15) is 22.0 Å². The van der Waals surface area contributed by atoms with Gasteiger partial charge in [0.15, 0.2) is 0 Å². The number of rotatable bonds is 5. The number of benzene rings is 3. The molecule has 0 heterocycles. The van der Waals surface area contributed by atoms with Gasteiger partial charge in [-0.05, 0) is 42.0 Å². The van der Waals surface area contributed by atoms with Crippen molar-refractivity contribution in [3.63, 3.8) is 0 Å². The van der Waals surface area contributed by atoms with E-state index in [1.54, 1.807) is 24.3 Å². The smallest absolute Gasteiger partial charge is 0.252 e. The summed E-state index contributed by atoms with van der Waals surface area (Å²) in [5.74, 6) is 1.07. The zero-order chi connectivity index (χ0) is 17.5. The van der Waals surface area contributed by atoms with Crippen molar-refractivity contribution >= 4 is 5.91 Å². The Balaban J connectivity index is 1.67. The SMILES string of the molecule is N#CC(NC(=O)c1ccc(Oc2ccccc2)cc1)c1ccccc1. The molecule has 0 aromatic heterocycles. The minimum absolute atomic E-state index is 0.304. The summed E-state index contributed by atoms with van der Waals surface area (Å²) < 4.78 is 5.70. The summed E-state index contributed by atoms with van der Waals surface area (Å²) in [6.07, 6.45) is 0. The quantitative estimate of drug-likeness (QED) is 0.751. The topological polar surface area (TPSA) is 62.1 Å². The van der Waals surface area contributed by atoms with Crippen LogP contribution in [0.2, 0.25) is 0 Å². The fraction of sp³-hybridized carbons (Fsp3) is 0.0476. The van der Waals surface area contributed by atoms with Crippen molar-refractivity contribution in [2.75, 3.05) is 0 Å². The predicted molar refractivity (Wildman–Crippen MR) is 95.2 cm³/mol. The third-order valence-electron chi connectivity index (χ3n) is 3.63. The van der Waals surface area contributed by atoms with E-state index in [0.717, 1.165) is 11.3 Å². The van der Waals surface area contributed by atoms with Gasteiger partial charge in [-0.3, -0.25) is 4.79 Å². The van der Waals surface area contributed by atoms with E-state index in [9.17, 15) is 10.1 Å². The molecule has 3 rings (SSSR count). The number of nitriles is 1. The molecule has 4 nitrogen and oxygen atoms in total. The van der Waals surface area contributed by atoms with Crippen LogP contribution in [0, 0.1) is 11.3 Å². The Morgan fingerprint density at radius 2 is 1.40 bits per heavy atom. The van der Waals surface area contributed by atoms with E-state index in [1.165, 1.54) is 0 Å². The van der Waals surface area contributed by atoms with Gasteiger partial charge in [0.25, 0.3) is 5.91 Å². The van der Waals surface area contributed by atoms with Gasteiger partial charge in [0.05, 0.1) is 6.07 Å². The molecular formula is C21H16N2O2. The number of carbonyl (C=O) groups excluding carboxylic acids is 1. The highest BCUT2D eigenvalue weighted by Crippen LogP contribution is 2.21. The van der Waals surface area contributed by atoms with E-state index in [0.29, 0.717) is 11.3 Å². The Morgan fingerprint density at radius 3 is 2.00 bits per heavy atom. The van der Waals surface area contributed by atoms with Crippen molar-refractivity contribution in [2.24, 2.45) is 0 Å². The molecule has 0 radical (unpaired) electrons. The first-order valence-electron chi connectivity index (χ1n) is 7.84. The molecule has 122 valence electrons. The average molecular weight is 328 g/mol. The molecule has 0 aliphatic carbocycles. The molecule has 0 spiro atoms.